The summed E-state index contributed by atoms with van der Waals surface area (Å²) in [6.07, 6.45) is 5.46. The standard InChI is InChI=1S/C24H22N6O/c1-14(2)30-21-10-7-15(16-12-26-24(25)27-13-16)11-20(21)29-22(30)18-5-3-4-6-19(18)23(31)28-17-8-9-17/h3-7,10-13,17H,1,8-9H2,2H3,(H,28,31)(H2,25,26,27). The number of benzene rings is 2. The molecule has 1 amide bonds. The van der Waals surface area contributed by atoms with Gasteiger partial charge in [0, 0.05) is 35.3 Å². The van der Waals surface area contributed by atoms with Gasteiger partial charge in [-0.15, -0.1) is 0 Å². The summed E-state index contributed by atoms with van der Waals surface area (Å²) in [6, 6.07) is 13.8. The number of nitrogens with one attached hydrogen (secondary N) is 1. The number of anilines is 1. The number of aromatic nitrogens is 4. The average molecular weight is 410 g/mol. The molecular formula is C24H22N6O. The molecule has 0 radical (unpaired) electrons. The van der Waals surface area contributed by atoms with E-state index >= 15 is 0 Å². The third kappa shape index (κ3) is 3.54. The van der Waals surface area contributed by atoms with Crippen LogP contribution in [0.5, 0.6) is 0 Å². The summed E-state index contributed by atoms with van der Waals surface area (Å²) in [4.78, 5) is 25.9. The third-order valence-corrected chi connectivity index (χ3v) is 5.37. The van der Waals surface area contributed by atoms with E-state index in [0.29, 0.717) is 11.4 Å². The van der Waals surface area contributed by atoms with Gasteiger partial charge in [-0.05, 0) is 43.5 Å². The number of fused-ring (bicyclic) bond motifs is 1. The Morgan fingerprint density at radius 3 is 2.58 bits per heavy atom. The molecule has 0 atom stereocenters. The van der Waals surface area contributed by atoms with Gasteiger partial charge < -0.3 is 11.1 Å². The van der Waals surface area contributed by atoms with E-state index in [9.17, 15) is 4.79 Å². The molecule has 7 heteroatoms. The molecule has 0 unspecified atom stereocenters. The topological polar surface area (TPSA) is 98.7 Å². The lowest BCUT2D eigenvalue weighted by Gasteiger charge is -2.12. The zero-order valence-corrected chi connectivity index (χ0v) is 17.2. The Hall–Kier alpha value is -4.00. The predicted molar refractivity (Wildman–Crippen MR) is 122 cm³/mol. The number of carbonyl (C=O) groups is 1. The number of amides is 1. The lowest BCUT2D eigenvalue weighted by Crippen LogP contribution is -2.26. The Morgan fingerprint density at radius 1 is 1.13 bits per heavy atom. The van der Waals surface area contributed by atoms with Crippen LogP contribution >= 0.6 is 0 Å². The second-order valence-corrected chi connectivity index (χ2v) is 7.83. The molecule has 154 valence electrons. The minimum absolute atomic E-state index is 0.0712. The van der Waals surface area contributed by atoms with Crippen molar-refractivity contribution < 1.29 is 4.79 Å². The van der Waals surface area contributed by atoms with Crippen molar-refractivity contribution in [1.82, 2.24) is 24.8 Å². The highest BCUT2D eigenvalue weighted by Gasteiger charge is 2.26. The largest absolute Gasteiger partial charge is 0.368 e. The van der Waals surface area contributed by atoms with Crippen molar-refractivity contribution in [2.45, 2.75) is 25.8 Å². The fraction of sp³-hybridized carbons (Fsp3) is 0.167. The number of nitrogens with two attached hydrogens (primary N) is 1. The van der Waals surface area contributed by atoms with Crippen molar-refractivity contribution in [3.05, 3.63) is 67.0 Å². The summed E-state index contributed by atoms with van der Waals surface area (Å²) in [5.74, 6) is 0.854. The summed E-state index contributed by atoms with van der Waals surface area (Å²) in [5.41, 5.74) is 11.3. The van der Waals surface area contributed by atoms with Gasteiger partial charge in [0.25, 0.3) is 5.91 Å². The molecule has 2 aromatic carbocycles. The lowest BCUT2D eigenvalue weighted by atomic mass is 10.1. The molecule has 2 heterocycles. The number of allylic oxidation sites excluding steroid dienone is 1. The molecule has 4 aromatic rings. The number of hydrogen-bond donors (Lipinski definition) is 2. The molecule has 0 saturated heterocycles. The van der Waals surface area contributed by atoms with Crippen LogP contribution in [-0.2, 0) is 0 Å². The SMILES string of the molecule is C=C(C)n1c(-c2ccccc2C(=O)NC2CC2)nc2cc(-c3cnc(N)nc3)ccc21. The van der Waals surface area contributed by atoms with Crippen LogP contribution in [0.2, 0.25) is 0 Å². The van der Waals surface area contributed by atoms with Crippen LogP contribution in [0.15, 0.2) is 61.4 Å². The average Bonchev–Trinajstić information content (AvgIpc) is 3.50. The van der Waals surface area contributed by atoms with Crippen LogP contribution in [0.25, 0.3) is 39.2 Å². The van der Waals surface area contributed by atoms with Crippen LogP contribution in [0.1, 0.15) is 30.1 Å². The second-order valence-electron chi connectivity index (χ2n) is 7.83. The van der Waals surface area contributed by atoms with E-state index < -0.39 is 0 Å². The van der Waals surface area contributed by atoms with Gasteiger partial charge in [0.05, 0.1) is 16.6 Å². The van der Waals surface area contributed by atoms with Crippen molar-refractivity contribution in [1.29, 1.82) is 0 Å². The monoisotopic (exact) mass is 410 g/mol. The Labute approximate surface area is 179 Å². The fourth-order valence-electron chi connectivity index (χ4n) is 3.68. The second kappa shape index (κ2) is 7.36. The summed E-state index contributed by atoms with van der Waals surface area (Å²) in [6.45, 7) is 6.08. The number of hydrogen-bond acceptors (Lipinski definition) is 5. The van der Waals surface area contributed by atoms with Crippen molar-refractivity contribution in [2.24, 2.45) is 0 Å². The zero-order chi connectivity index (χ0) is 21.5. The maximum absolute atomic E-state index is 12.9. The first-order valence-electron chi connectivity index (χ1n) is 10.2. The molecule has 5 rings (SSSR count). The van der Waals surface area contributed by atoms with Crippen molar-refractivity contribution >= 4 is 28.6 Å². The molecule has 3 N–H and O–H groups in total. The van der Waals surface area contributed by atoms with E-state index in [-0.39, 0.29) is 17.9 Å². The first-order valence-corrected chi connectivity index (χ1v) is 10.2. The summed E-state index contributed by atoms with van der Waals surface area (Å²) in [7, 11) is 0. The Balaban J connectivity index is 1.65. The van der Waals surface area contributed by atoms with Gasteiger partial charge in [-0.3, -0.25) is 9.36 Å². The molecule has 7 nitrogen and oxygen atoms in total. The van der Waals surface area contributed by atoms with Gasteiger partial charge in [0.2, 0.25) is 5.95 Å². The van der Waals surface area contributed by atoms with E-state index in [1.807, 2.05) is 54.0 Å². The van der Waals surface area contributed by atoms with E-state index in [1.54, 1.807) is 12.4 Å². The quantitative estimate of drug-likeness (QED) is 0.515. The molecule has 1 aliphatic carbocycles. The Morgan fingerprint density at radius 2 is 1.87 bits per heavy atom. The van der Waals surface area contributed by atoms with Crippen LogP contribution < -0.4 is 11.1 Å². The summed E-state index contributed by atoms with van der Waals surface area (Å²) >= 11 is 0. The van der Waals surface area contributed by atoms with Gasteiger partial charge in [-0.25, -0.2) is 15.0 Å². The van der Waals surface area contributed by atoms with Crippen LogP contribution in [0.3, 0.4) is 0 Å². The number of rotatable bonds is 5. The van der Waals surface area contributed by atoms with Gasteiger partial charge in [-0.1, -0.05) is 30.8 Å². The maximum Gasteiger partial charge on any atom is 0.252 e. The first kappa shape index (κ1) is 19.0. The summed E-state index contributed by atoms with van der Waals surface area (Å²) < 4.78 is 1.99. The Bertz CT molecular complexity index is 1320. The molecule has 0 bridgehead atoms. The maximum atomic E-state index is 12.9. The smallest absolute Gasteiger partial charge is 0.252 e. The minimum Gasteiger partial charge on any atom is -0.368 e. The molecule has 0 spiro atoms. The number of nitrogens with zero attached hydrogens (tertiary/aromatic N) is 4. The highest BCUT2D eigenvalue weighted by molar-refractivity contribution is 6.01. The highest BCUT2D eigenvalue weighted by Crippen LogP contribution is 2.32. The van der Waals surface area contributed by atoms with Crippen molar-refractivity contribution in [3.63, 3.8) is 0 Å². The van der Waals surface area contributed by atoms with Crippen LogP contribution in [-0.4, -0.2) is 31.5 Å². The van der Waals surface area contributed by atoms with Crippen molar-refractivity contribution in [2.75, 3.05) is 5.73 Å². The summed E-state index contributed by atoms with van der Waals surface area (Å²) in [5, 5.41) is 3.08. The third-order valence-electron chi connectivity index (χ3n) is 5.37. The lowest BCUT2D eigenvalue weighted by molar-refractivity contribution is 0.0951. The molecule has 1 saturated carbocycles. The molecule has 2 aromatic heterocycles. The van der Waals surface area contributed by atoms with Gasteiger partial charge >= 0.3 is 0 Å². The molecule has 1 fully saturated rings. The highest BCUT2D eigenvalue weighted by atomic mass is 16.1. The normalized spacial score (nSPS) is 13.3. The molecule has 0 aliphatic heterocycles. The minimum atomic E-state index is -0.0712. The first-order chi connectivity index (χ1) is 15.0. The van der Waals surface area contributed by atoms with E-state index in [0.717, 1.165) is 46.3 Å². The van der Waals surface area contributed by atoms with E-state index in [4.69, 9.17) is 10.7 Å². The molecule has 1 aliphatic rings. The number of nitrogen functional groups attached to an aromatic ring is 1. The number of carbonyl (C=O) groups excluding carboxylic acids is 1. The molecule has 31 heavy (non-hydrogen) atoms. The van der Waals surface area contributed by atoms with Gasteiger partial charge in [-0.2, -0.15) is 0 Å². The van der Waals surface area contributed by atoms with Crippen molar-refractivity contribution in [3.8, 4) is 22.5 Å². The zero-order valence-electron chi connectivity index (χ0n) is 17.2. The van der Waals surface area contributed by atoms with Gasteiger partial charge in [0.15, 0.2) is 0 Å². The van der Waals surface area contributed by atoms with E-state index in [1.165, 1.54) is 0 Å². The van der Waals surface area contributed by atoms with Crippen LogP contribution in [0, 0.1) is 0 Å². The molecular weight excluding hydrogens is 388 g/mol. The van der Waals surface area contributed by atoms with Crippen LogP contribution in [0.4, 0.5) is 5.95 Å². The van der Waals surface area contributed by atoms with E-state index in [2.05, 4.69) is 21.9 Å². The fourth-order valence-corrected chi connectivity index (χ4v) is 3.68. The predicted octanol–water partition coefficient (Wildman–Crippen LogP) is 4.13. The van der Waals surface area contributed by atoms with Gasteiger partial charge in [0.1, 0.15) is 5.82 Å². The Kier molecular flexibility index (Phi) is 4.51. The number of imidazole rings is 1.